The lowest BCUT2D eigenvalue weighted by Gasteiger charge is -2.19. The Balaban J connectivity index is 1.91. The number of aromatic nitrogens is 3. The number of carbonyl (C=O) groups excluding carboxylic acids is 1. The molecule has 6 nitrogen and oxygen atoms in total. The second kappa shape index (κ2) is 6.78. The van der Waals surface area contributed by atoms with Crippen molar-refractivity contribution in [2.75, 3.05) is 5.32 Å². The molecule has 3 heterocycles. The Morgan fingerprint density at radius 1 is 1.19 bits per heavy atom. The molecule has 3 aromatic rings. The van der Waals surface area contributed by atoms with E-state index >= 15 is 0 Å². The van der Waals surface area contributed by atoms with Crippen molar-refractivity contribution >= 4 is 28.4 Å². The number of pyridine rings is 2. The Bertz CT molecular complexity index is 934. The highest BCUT2D eigenvalue weighted by molar-refractivity contribution is 5.92. The summed E-state index contributed by atoms with van der Waals surface area (Å²) in [4.78, 5) is 20.8. The smallest absolute Gasteiger partial charge is 0.326 e. The summed E-state index contributed by atoms with van der Waals surface area (Å²) in [7, 11) is 0. The molecule has 0 bridgehead atoms. The SMILES string of the molecule is Cc1cncc(C)c1Nc1nccc2c1ccn2CC(=O)OC(C)(C)C. The first kappa shape index (κ1) is 17.9. The molecule has 0 aliphatic heterocycles. The third kappa shape index (κ3) is 3.85. The fourth-order valence-electron chi connectivity index (χ4n) is 2.89. The Hall–Kier alpha value is -2.89. The largest absolute Gasteiger partial charge is 0.459 e. The van der Waals surface area contributed by atoms with Gasteiger partial charge in [0.15, 0.2) is 0 Å². The summed E-state index contributed by atoms with van der Waals surface area (Å²) in [5.41, 5.74) is 3.54. The first-order chi connectivity index (χ1) is 12.2. The van der Waals surface area contributed by atoms with Crippen LogP contribution in [0.15, 0.2) is 36.9 Å². The standard InChI is InChI=1S/C20H24N4O2/c1-13-10-21-11-14(2)18(13)23-19-15-7-9-24(16(15)6-8-22-19)12-17(25)26-20(3,4)5/h6-11H,12H2,1-5H3,(H,21,22,23). The second-order valence-corrected chi connectivity index (χ2v) is 7.40. The molecule has 0 amide bonds. The molecular weight excluding hydrogens is 328 g/mol. The van der Waals surface area contributed by atoms with Crippen molar-refractivity contribution in [3.63, 3.8) is 0 Å². The number of rotatable bonds is 4. The van der Waals surface area contributed by atoms with Gasteiger partial charge < -0.3 is 14.6 Å². The van der Waals surface area contributed by atoms with E-state index in [0.29, 0.717) is 0 Å². The van der Waals surface area contributed by atoms with E-state index in [0.717, 1.165) is 33.5 Å². The van der Waals surface area contributed by atoms with Crippen LogP contribution in [0.3, 0.4) is 0 Å². The maximum Gasteiger partial charge on any atom is 0.326 e. The lowest BCUT2D eigenvalue weighted by atomic mass is 10.1. The summed E-state index contributed by atoms with van der Waals surface area (Å²) in [6.45, 7) is 9.78. The van der Waals surface area contributed by atoms with Crippen LogP contribution in [0.1, 0.15) is 31.9 Å². The number of fused-ring (bicyclic) bond motifs is 1. The fourth-order valence-corrected chi connectivity index (χ4v) is 2.89. The van der Waals surface area contributed by atoms with Gasteiger partial charge in [0.05, 0.1) is 5.52 Å². The van der Waals surface area contributed by atoms with Gasteiger partial charge in [-0.05, 0) is 57.9 Å². The van der Waals surface area contributed by atoms with Crippen LogP contribution in [0, 0.1) is 13.8 Å². The number of carbonyl (C=O) groups is 1. The quantitative estimate of drug-likeness (QED) is 0.715. The van der Waals surface area contributed by atoms with Gasteiger partial charge in [0, 0.05) is 35.9 Å². The van der Waals surface area contributed by atoms with Gasteiger partial charge in [0.1, 0.15) is 18.0 Å². The average molecular weight is 352 g/mol. The van der Waals surface area contributed by atoms with Crippen LogP contribution in [0.4, 0.5) is 11.5 Å². The lowest BCUT2D eigenvalue weighted by molar-refractivity contribution is -0.155. The Kier molecular flexibility index (Phi) is 4.68. The molecule has 0 radical (unpaired) electrons. The molecule has 0 aliphatic rings. The van der Waals surface area contributed by atoms with Gasteiger partial charge in [-0.1, -0.05) is 0 Å². The minimum Gasteiger partial charge on any atom is -0.459 e. The molecule has 0 aliphatic carbocycles. The van der Waals surface area contributed by atoms with Gasteiger partial charge in [-0.25, -0.2) is 4.98 Å². The Morgan fingerprint density at radius 3 is 2.54 bits per heavy atom. The molecule has 0 saturated heterocycles. The van der Waals surface area contributed by atoms with E-state index in [9.17, 15) is 4.79 Å². The van der Waals surface area contributed by atoms with Crippen molar-refractivity contribution in [2.45, 2.75) is 46.8 Å². The zero-order valence-electron chi connectivity index (χ0n) is 15.8. The third-order valence-electron chi connectivity index (χ3n) is 3.99. The molecule has 0 aromatic carbocycles. The topological polar surface area (TPSA) is 69.0 Å². The van der Waals surface area contributed by atoms with Gasteiger partial charge in [-0.3, -0.25) is 9.78 Å². The molecular formula is C20H24N4O2. The predicted octanol–water partition coefficient (Wildman–Crippen LogP) is 4.13. The first-order valence-electron chi connectivity index (χ1n) is 8.58. The minimum atomic E-state index is -0.495. The normalized spacial score (nSPS) is 11.6. The number of nitrogens with one attached hydrogen (secondary N) is 1. The maximum atomic E-state index is 12.2. The molecule has 0 atom stereocenters. The fraction of sp³-hybridized carbons (Fsp3) is 0.350. The van der Waals surface area contributed by atoms with Crippen molar-refractivity contribution < 1.29 is 9.53 Å². The van der Waals surface area contributed by atoms with Crippen molar-refractivity contribution in [1.82, 2.24) is 14.5 Å². The summed E-state index contributed by atoms with van der Waals surface area (Å²) >= 11 is 0. The van der Waals surface area contributed by atoms with Gasteiger partial charge in [0.2, 0.25) is 0 Å². The molecule has 6 heteroatoms. The van der Waals surface area contributed by atoms with Crippen LogP contribution < -0.4 is 5.32 Å². The molecule has 0 saturated carbocycles. The molecule has 3 aromatic heterocycles. The monoisotopic (exact) mass is 352 g/mol. The van der Waals surface area contributed by atoms with E-state index in [1.807, 2.05) is 69.9 Å². The van der Waals surface area contributed by atoms with Crippen LogP contribution in [0.5, 0.6) is 0 Å². The number of nitrogens with zero attached hydrogens (tertiary/aromatic N) is 3. The average Bonchev–Trinajstić information content (AvgIpc) is 2.93. The third-order valence-corrected chi connectivity index (χ3v) is 3.99. The van der Waals surface area contributed by atoms with Crippen molar-refractivity contribution in [1.29, 1.82) is 0 Å². The molecule has 1 N–H and O–H groups in total. The summed E-state index contributed by atoms with van der Waals surface area (Å²) in [6, 6.07) is 3.86. The molecule has 26 heavy (non-hydrogen) atoms. The number of aryl methyl sites for hydroxylation is 2. The summed E-state index contributed by atoms with van der Waals surface area (Å²) in [5, 5.41) is 4.36. The minimum absolute atomic E-state index is 0.164. The van der Waals surface area contributed by atoms with Crippen LogP contribution in [0.2, 0.25) is 0 Å². The maximum absolute atomic E-state index is 12.2. The molecule has 3 rings (SSSR count). The molecule has 0 fully saturated rings. The van der Waals surface area contributed by atoms with Crippen LogP contribution >= 0.6 is 0 Å². The van der Waals surface area contributed by atoms with E-state index in [2.05, 4.69) is 15.3 Å². The van der Waals surface area contributed by atoms with E-state index in [4.69, 9.17) is 4.74 Å². The molecule has 136 valence electrons. The molecule has 0 spiro atoms. The molecule has 0 unspecified atom stereocenters. The lowest BCUT2D eigenvalue weighted by Crippen LogP contribution is -2.26. The van der Waals surface area contributed by atoms with Crippen LogP contribution in [0.25, 0.3) is 10.9 Å². The van der Waals surface area contributed by atoms with Gasteiger partial charge in [0.25, 0.3) is 0 Å². The van der Waals surface area contributed by atoms with Crippen molar-refractivity contribution in [3.8, 4) is 0 Å². The van der Waals surface area contributed by atoms with E-state index in [1.54, 1.807) is 6.20 Å². The van der Waals surface area contributed by atoms with E-state index < -0.39 is 5.60 Å². The van der Waals surface area contributed by atoms with Gasteiger partial charge >= 0.3 is 5.97 Å². The van der Waals surface area contributed by atoms with E-state index in [1.165, 1.54) is 0 Å². The van der Waals surface area contributed by atoms with Gasteiger partial charge in [-0.15, -0.1) is 0 Å². The highest BCUT2D eigenvalue weighted by Gasteiger charge is 2.18. The summed E-state index contributed by atoms with van der Waals surface area (Å²) < 4.78 is 7.30. The zero-order valence-corrected chi connectivity index (χ0v) is 15.8. The number of hydrogen-bond acceptors (Lipinski definition) is 5. The predicted molar refractivity (Wildman–Crippen MR) is 103 cm³/mol. The highest BCUT2D eigenvalue weighted by Crippen LogP contribution is 2.28. The Morgan fingerprint density at radius 2 is 1.88 bits per heavy atom. The second-order valence-electron chi connectivity index (χ2n) is 7.40. The van der Waals surface area contributed by atoms with Gasteiger partial charge in [-0.2, -0.15) is 0 Å². The van der Waals surface area contributed by atoms with Crippen molar-refractivity contribution in [2.24, 2.45) is 0 Å². The first-order valence-corrected chi connectivity index (χ1v) is 8.58. The zero-order chi connectivity index (χ0) is 18.9. The van der Waals surface area contributed by atoms with Crippen molar-refractivity contribution in [3.05, 3.63) is 48.0 Å². The Labute approximate surface area is 153 Å². The van der Waals surface area contributed by atoms with E-state index in [-0.39, 0.29) is 12.5 Å². The number of anilines is 2. The van der Waals surface area contributed by atoms with Crippen LogP contribution in [-0.2, 0) is 16.1 Å². The summed E-state index contributed by atoms with van der Waals surface area (Å²) in [5.74, 6) is 0.491. The summed E-state index contributed by atoms with van der Waals surface area (Å²) in [6.07, 6.45) is 7.27. The van der Waals surface area contributed by atoms with Crippen LogP contribution in [-0.4, -0.2) is 26.1 Å². The number of ether oxygens (including phenoxy) is 1. The number of esters is 1. The number of hydrogen-bond donors (Lipinski definition) is 1. The highest BCUT2D eigenvalue weighted by atomic mass is 16.6.